The number of aromatic nitrogens is 2. The van der Waals surface area contributed by atoms with Crippen LogP contribution in [0.3, 0.4) is 0 Å². The molecule has 0 aliphatic carbocycles. The Morgan fingerprint density at radius 1 is 1.50 bits per heavy atom. The number of nitrogens with zero attached hydrogens (tertiary/aromatic N) is 2. The van der Waals surface area contributed by atoms with Gasteiger partial charge in [-0.05, 0) is 6.92 Å². The van der Waals surface area contributed by atoms with Crippen molar-refractivity contribution in [2.45, 2.75) is 32.4 Å². The maximum Gasteiger partial charge on any atom is 0.319 e. The summed E-state index contributed by atoms with van der Waals surface area (Å²) in [4.78, 5) is 3.92. The van der Waals surface area contributed by atoms with Crippen LogP contribution in [0.5, 0.6) is 0 Å². The number of rotatable bonds is 6. The highest BCUT2D eigenvalue weighted by atomic mass is 19.3. The molecule has 0 aliphatic heterocycles. The molecule has 1 heterocycles. The molecule has 0 bridgehead atoms. The molecule has 3 nitrogen and oxygen atoms in total. The van der Waals surface area contributed by atoms with Gasteiger partial charge in [-0.15, -0.1) is 0 Å². The first kappa shape index (κ1) is 13.0. The molecule has 1 aromatic rings. The van der Waals surface area contributed by atoms with Crippen molar-refractivity contribution in [3.8, 4) is 0 Å². The minimum absolute atomic E-state index is 0.0448. The zero-order valence-electron chi connectivity index (χ0n) is 8.76. The van der Waals surface area contributed by atoms with Crippen molar-refractivity contribution in [1.82, 2.24) is 14.9 Å². The lowest BCUT2D eigenvalue weighted by atomic mass is 10.3. The average molecular weight is 239 g/mol. The summed E-state index contributed by atoms with van der Waals surface area (Å²) >= 11 is 0. The average Bonchev–Trinajstić information content (AvgIpc) is 2.64. The van der Waals surface area contributed by atoms with Gasteiger partial charge in [0.2, 0.25) is 0 Å². The van der Waals surface area contributed by atoms with E-state index in [4.69, 9.17) is 0 Å². The Bertz CT molecular complexity index is 324. The molecule has 0 saturated carbocycles. The fraction of sp³-hybridized carbons (Fsp3) is 0.667. The summed E-state index contributed by atoms with van der Waals surface area (Å²) in [5, 5.41) is 2.27. The second-order valence-corrected chi connectivity index (χ2v) is 3.29. The molecule has 0 amide bonds. The summed E-state index contributed by atoms with van der Waals surface area (Å²) in [6.07, 6.45) is -0.417. The summed E-state index contributed by atoms with van der Waals surface area (Å²) in [5.74, 6) is -3.45. The first-order valence-electron chi connectivity index (χ1n) is 4.84. The van der Waals surface area contributed by atoms with Gasteiger partial charge in [-0.25, -0.2) is 13.8 Å². The van der Waals surface area contributed by atoms with Crippen LogP contribution in [0, 0.1) is 0 Å². The van der Waals surface area contributed by atoms with E-state index in [1.165, 1.54) is 6.20 Å². The van der Waals surface area contributed by atoms with E-state index in [0.29, 0.717) is 12.4 Å². The van der Waals surface area contributed by atoms with Gasteiger partial charge in [-0.1, -0.05) is 0 Å². The number of hydrogen-bond donors (Lipinski definition) is 1. The Morgan fingerprint density at radius 3 is 2.75 bits per heavy atom. The van der Waals surface area contributed by atoms with Gasteiger partial charge in [0.1, 0.15) is 5.82 Å². The van der Waals surface area contributed by atoms with Gasteiger partial charge >= 0.3 is 12.3 Å². The third kappa shape index (κ3) is 3.19. The Kier molecular flexibility index (Phi) is 4.28. The molecule has 0 radical (unpaired) electrons. The van der Waals surface area contributed by atoms with Gasteiger partial charge in [0, 0.05) is 18.9 Å². The van der Waals surface area contributed by atoms with Crippen LogP contribution in [0.1, 0.15) is 12.7 Å². The molecular formula is C9H13F4N3. The van der Waals surface area contributed by atoms with E-state index in [0.717, 1.165) is 0 Å². The van der Waals surface area contributed by atoms with Crippen molar-refractivity contribution >= 4 is 0 Å². The van der Waals surface area contributed by atoms with E-state index in [9.17, 15) is 17.6 Å². The molecular weight excluding hydrogens is 226 g/mol. The van der Waals surface area contributed by atoms with Crippen molar-refractivity contribution < 1.29 is 17.6 Å². The largest absolute Gasteiger partial charge is 0.334 e. The van der Waals surface area contributed by atoms with Crippen LogP contribution >= 0.6 is 0 Å². The van der Waals surface area contributed by atoms with Gasteiger partial charge in [0.05, 0.1) is 13.1 Å². The van der Waals surface area contributed by atoms with Gasteiger partial charge in [-0.3, -0.25) is 0 Å². The van der Waals surface area contributed by atoms with Crippen LogP contribution in [-0.2, 0) is 13.1 Å². The summed E-state index contributed by atoms with van der Waals surface area (Å²) in [6, 6.07) is 0. The second kappa shape index (κ2) is 5.29. The molecule has 7 heteroatoms. The van der Waals surface area contributed by atoms with Gasteiger partial charge in [0.15, 0.2) is 0 Å². The SMILES string of the molecule is CCn1ccnc1CNCC(F)(F)C(F)F. The molecule has 1 aromatic heterocycles. The second-order valence-electron chi connectivity index (χ2n) is 3.29. The van der Waals surface area contributed by atoms with E-state index in [1.54, 1.807) is 10.8 Å². The number of hydrogen-bond acceptors (Lipinski definition) is 2. The van der Waals surface area contributed by atoms with Crippen molar-refractivity contribution in [2.24, 2.45) is 0 Å². The van der Waals surface area contributed by atoms with Crippen LogP contribution in [0.15, 0.2) is 12.4 Å². The topological polar surface area (TPSA) is 29.9 Å². The monoisotopic (exact) mass is 239 g/mol. The van der Waals surface area contributed by atoms with Crippen LogP contribution in [0.4, 0.5) is 17.6 Å². The normalized spacial score (nSPS) is 12.4. The van der Waals surface area contributed by atoms with Crippen LogP contribution in [0.25, 0.3) is 0 Å². The van der Waals surface area contributed by atoms with E-state index in [-0.39, 0.29) is 6.54 Å². The predicted octanol–water partition coefficient (Wildman–Crippen LogP) is 1.89. The van der Waals surface area contributed by atoms with Crippen molar-refractivity contribution in [3.63, 3.8) is 0 Å². The smallest absolute Gasteiger partial charge is 0.319 e. The van der Waals surface area contributed by atoms with Crippen LogP contribution < -0.4 is 5.32 Å². The zero-order chi connectivity index (χ0) is 12.2. The summed E-state index contributed by atoms with van der Waals surface area (Å²) in [6.45, 7) is 1.52. The molecule has 0 spiro atoms. The number of nitrogens with one attached hydrogen (secondary N) is 1. The molecule has 0 aliphatic rings. The third-order valence-electron chi connectivity index (χ3n) is 2.11. The highest BCUT2D eigenvalue weighted by Crippen LogP contribution is 2.21. The van der Waals surface area contributed by atoms with E-state index < -0.39 is 18.9 Å². The van der Waals surface area contributed by atoms with E-state index in [1.807, 2.05) is 6.92 Å². The fourth-order valence-electron chi connectivity index (χ4n) is 1.21. The Morgan fingerprint density at radius 2 is 2.19 bits per heavy atom. The molecule has 0 fully saturated rings. The summed E-state index contributed by atoms with van der Waals surface area (Å²) in [5.41, 5.74) is 0. The Labute approximate surface area is 90.5 Å². The van der Waals surface area contributed by atoms with Gasteiger partial charge in [0.25, 0.3) is 0 Å². The Hall–Kier alpha value is -1.11. The lowest BCUT2D eigenvalue weighted by Gasteiger charge is -2.15. The lowest BCUT2D eigenvalue weighted by molar-refractivity contribution is -0.125. The summed E-state index contributed by atoms with van der Waals surface area (Å²) < 4.78 is 50.4. The first-order valence-corrected chi connectivity index (χ1v) is 4.84. The van der Waals surface area contributed by atoms with Gasteiger partial charge in [-0.2, -0.15) is 8.78 Å². The minimum Gasteiger partial charge on any atom is -0.334 e. The van der Waals surface area contributed by atoms with Gasteiger partial charge < -0.3 is 9.88 Å². The highest BCUT2D eigenvalue weighted by Gasteiger charge is 2.40. The zero-order valence-corrected chi connectivity index (χ0v) is 8.76. The number of aryl methyl sites for hydroxylation is 1. The minimum atomic E-state index is -4.00. The third-order valence-corrected chi connectivity index (χ3v) is 2.11. The summed E-state index contributed by atoms with van der Waals surface area (Å²) in [7, 11) is 0. The highest BCUT2D eigenvalue weighted by molar-refractivity contribution is 4.91. The maximum atomic E-state index is 12.5. The standard InChI is InChI=1S/C9H13F4N3/c1-2-16-4-3-15-7(16)5-14-6-9(12,13)8(10)11/h3-4,8,14H,2,5-6H2,1H3. The lowest BCUT2D eigenvalue weighted by Crippen LogP contribution is -2.38. The molecule has 1 rings (SSSR count). The molecule has 16 heavy (non-hydrogen) atoms. The quantitative estimate of drug-likeness (QED) is 0.768. The molecule has 92 valence electrons. The number of imidazole rings is 1. The molecule has 0 aromatic carbocycles. The molecule has 0 saturated heterocycles. The predicted molar refractivity (Wildman–Crippen MR) is 50.6 cm³/mol. The number of halogens is 4. The van der Waals surface area contributed by atoms with E-state index >= 15 is 0 Å². The van der Waals surface area contributed by atoms with Crippen LogP contribution in [0.2, 0.25) is 0 Å². The van der Waals surface area contributed by atoms with Crippen molar-refractivity contribution in [3.05, 3.63) is 18.2 Å². The maximum absolute atomic E-state index is 12.5. The molecule has 0 unspecified atom stereocenters. The molecule has 0 atom stereocenters. The first-order chi connectivity index (χ1) is 7.47. The van der Waals surface area contributed by atoms with Crippen LogP contribution in [-0.4, -0.2) is 28.4 Å². The van der Waals surface area contributed by atoms with Crippen molar-refractivity contribution in [1.29, 1.82) is 0 Å². The molecule has 1 N–H and O–H groups in total. The van der Waals surface area contributed by atoms with E-state index in [2.05, 4.69) is 10.3 Å². The Balaban J connectivity index is 2.41. The fourth-order valence-corrected chi connectivity index (χ4v) is 1.21. The number of alkyl halides is 4. The van der Waals surface area contributed by atoms with Crippen molar-refractivity contribution in [2.75, 3.05) is 6.54 Å².